The van der Waals surface area contributed by atoms with E-state index < -0.39 is 0 Å². The van der Waals surface area contributed by atoms with E-state index in [9.17, 15) is 0 Å². The van der Waals surface area contributed by atoms with Crippen molar-refractivity contribution in [1.82, 2.24) is 0 Å². The van der Waals surface area contributed by atoms with Crippen LogP contribution in [0, 0.1) is 0 Å². The third-order valence-electron chi connectivity index (χ3n) is 1.41. The number of nitrogens with two attached hydrogens (primary N) is 2. The van der Waals surface area contributed by atoms with Gasteiger partial charge in [-0.15, -0.1) is 0 Å². The number of thiol groups is 1. The molecule has 0 saturated carbocycles. The summed E-state index contributed by atoms with van der Waals surface area (Å²) in [5.74, 6) is 0.596. The molecular weight excluding hydrogens is 144 g/mol. The van der Waals surface area contributed by atoms with Crippen LogP contribution < -0.4 is 11.5 Å². The van der Waals surface area contributed by atoms with Gasteiger partial charge in [-0.25, -0.2) is 0 Å². The van der Waals surface area contributed by atoms with Crippen molar-refractivity contribution >= 4 is 24.0 Å². The van der Waals surface area contributed by atoms with Crippen molar-refractivity contribution in [1.29, 1.82) is 0 Å². The molecule has 0 unspecified atom stereocenters. The molecule has 0 saturated heterocycles. The van der Waals surface area contributed by atoms with Crippen molar-refractivity contribution in [3.8, 4) is 0 Å². The van der Waals surface area contributed by atoms with Gasteiger partial charge in [-0.2, -0.15) is 12.6 Å². The van der Waals surface area contributed by atoms with Gasteiger partial charge in [-0.1, -0.05) is 6.07 Å². The first-order valence-electron chi connectivity index (χ1n) is 2.99. The molecular formula is C7H10N2S. The molecule has 0 radical (unpaired) electrons. The summed E-state index contributed by atoms with van der Waals surface area (Å²) in [5.41, 5.74) is 13.6. The lowest BCUT2D eigenvalue weighted by Crippen LogP contribution is -1.97. The molecule has 0 fully saturated rings. The van der Waals surface area contributed by atoms with Gasteiger partial charge in [0, 0.05) is 22.7 Å². The van der Waals surface area contributed by atoms with Gasteiger partial charge in [0.05, 0.1) is 0 Å². The van der Waals surface area contributed by atoms with E-state index in [4.69, 9.17) is 11.5 Å². The first-order valence-corrected chi connectivity index (χ1v) is 3.62. The van der Waals surface area contributed by atoms with Gasteiger partial charge in [-0.05, 0) is 12.1 Å². The molecule has 10 heavy (non-hydrogen) atoms. The van der Waals surface area contributed by atoms with Crippen LogP contribution in [0.5, 0.6) is 0 Å². The van der Waals surface area contributed by atoms with Gasteiger partial charge >= 0.3 is 0 Å². The molecule has 0 atom stereocenters. The maximum absolute atomic E-state index is 5.60. The molecule has 0 aliphatic heterocycles. The highest BCUT2D eigenvalue weighted by molar-refractivity contribution is 7.79. The highest BCUT2D eigenvalue weighted by atomic mass is 32.1. The summed E-state index contributed by atoms with van der Waals surface area (Å²) >= 11 is 4.09. The largest absolute Gasteiger partial charge is 0.398 e. The molecule has 3 heteroatoms. The average Bonchev–Trinajstić information content (AvgIpc) is 1.88. The van der Waals surface area contributed by atoms with Crippen molar-refractivity contribution in [2.75, 3.05) is 11.5 Å². The van der Waals surface area contributed by atoms with Gasteiger partial charge < -0.3 is 11.5 Å². The molecule has 54 valence electrons. The summed E-state index contributed by atoms with van der Waals surface area (Å²) in [6.07, 6.45) is 0. The molecule has 0 heterocycles. The lowest BCUT2D eigenvalue weighted by Gasteiger charge is -2.04. The lowest BCUT2D eigenvalue weighted by atomic mass is 10.2. The van der Waals surface area contributed by atoms with Crippen LogP contribution in [0.1, 0.15) is 5.56 Å². The fourth-order valence-electron chi connectivity index (χ4n) is 0.806. The Morgan fingerprint density at radius 3 is 2.00 bits per heavy atom. The highest BCUT2D eigenvalue weighted by Crippen LogP contribution is 2.20. The molecule has 0 amide bonds. The van der Waals surface area contributed by atoms with Gasteiger partial charge in [0.1, 0.15) is 0 Å². The zero-order chi connectivity index (χ0) is 7.56. The Hall–Kier alpha value is -0.830. The predicted octanol–water partition coefficient (Wildman–Crippen LogP) is 1.28. The second-order valence-electron chi connectivity index (χ2n) is 2.07. The van der Waals surface area contributed by atoms with E-state index in [0.29, 0.717) is 5.75 Å². The van der Waals surface area contributed by atoms with Gasteiger partial charge in [0.25, 0.3) is 0 Å². The molecule has 0 aliphatic carbocycles. The van der Waals surface area contributed by atoms with Gasteiger partial charge in [0.2, 0.25) is 0 Å². The third kappa shape index (κ3) is 1.19. The molecule has 0 bridgehead atoms. The summed E-state index contributed by atoms with van der Waals surface area (Å²) in [6.45, 7) is 0. The van der Waals surface area contributed by atoms with Crippen molar-refractivity contribution < 1.29 is 0 Å². The van der Waals surface area contributed by atoms with Crippen LogP contribution in [0.4, 0.5) is 11.4 Å². The summed E-state index contributed by atoms with van der Waals surface area (Å²) < 4.78 is 0. The third-order valence-corrected chi connectivity index (χ3v) is 1.72. The molecule has 1 rings (SSSR count). The predicted molar refractivity (Wildman–Crippen MR) is 48.0 cm³/mol. The number of nitrogen functional groups attached to an aromatic ring is 2. The van der Waals surface area contributed by atoms with E-state index in [0.717, 1.165) is 16.9 Å². The van der Waals surface area contributed by atoms with Gasteiger partial charge in [-0.3, -0.25) is 0 Å². The standard InChI is InChI=1S/C7H10N2S/c8-6-2-1-3-7(9)5(6)4-10/h1-3,10H,4,8-9H2. The van der Waals surface area contributed by atoms with E-state index in [1.807, 2.05) is 18.2 Å². The number of anilines is 2. The van der Waals surface area contributed by atoms with Crippen LogP contribution in [-0.4, -0.2) is 0 Å². The van der Waals surface area contributed by atoms with Gasteiger partial charge in [0.15, 0.2) is 0 Å². The second-order valence-corrected chi connectivity index (χ2v) is 2.39. The lowest BCUT2D eigenvalue weighted by molar-refractivity contribution is 1.43. The van der Waals surface area contributed by atoms with Crippen molar-refractivity contribution in [2.24, 2.45) is 0 Å². The van der Waals surface area contributed by atoms with Crippen LogP contribution >= 0.6 is 12.6 Å². The van der Waals surface area contributed by atoms with Crippen LogP contribution in [-0.2, 0) is 5.75 Å². The topological polar surface area (TPSA) is 52.0 Å². The molecule has 1 aromatic rings. The number of rotatable bonds is 1. The van der Waals surface area contributed by atoms with Crippen LogP contribution in [0.3, 0.4) is 0 Å². The number of hydrogen-bond donors (Lipinski definition) is 3. The van der Waals surface area contributed by atoms with E-state index in [2.05, 4.69) is 12.6 Å². The average molecular weight is 154 g/mol. The Kier molecular flexibility index (Phi) is 2.06. The molecule has 0 aromatic heterocycles. The molecule has 1 aromatic carbocycles. The Labute approximate surface area is 65.6 Å². The Morgan fingerprint density at radius 2 is 1.70 bits per heavy atom. The Morgan fingerprint density at radius 1 is 1.20 bits per heavy atom. The fourth-order valence-corrected chi connectivity index (χ4v) is 1.17. The maximum Gasteiger partial charge on any atom is 0.0375 e. The summed E-state index contributed by atoms with van der Waals surface area (Å²) in [6, 6.07) is 5.47. The fraction of sp³-hybridized carbons (Fsp3) is 0.143. The molecule has 0 spiro atoms. The maximum atomic E-state index is 5.60. The van der Waals surface area contributed by atoms with E-state index in [1.165, 1.54) is 0 Å². The minimum atomic E-state index is 0.596. The van der Waals surface area contributed by atoms with E-state index >= 15 is 0 Å². The minimum Gasteiger partial charge on any atom is -0.398 e. The summed E-state index contributed by atoms with van der Waals surface area (Å²) in [5, 5.41) is 0. The second kappa shape index (κ2) is 2.84. The number of benzene rings is 1. The summed E-state index contributed by atoms with van der Waals surface area (Å²) in [4.78, 5) is 0. The smallest absolute Gasteiger partial charge is 0.0375 e. The van der Waals surface area contributed by atoms with Crippen LogP contribution in [0.2, 0.25) is 0 Å². The monoisotopic (exact) mass is 154 g/mol. The van der Waals surface area contributed by atoms with Crippen molar-refractivity contribution in [2.45, 2.75) is 5.75 Å². The zero-order valence-corrected chi connectivity index (χ0v) is 6.44. The normalized spacial score (nSPS) is 9.70. The highest BCUT2D eigenvalue weighted by Gasteiger charge is 1.98. The molecule has 2 nitrogen and oxygen atoms in total. The Balaban J connectivity index is 3.17. The van der Waals surface area contributed by atoms with Crippen LogP contribution in [0.25, 0.3) is 0 Å². The van der Waals surface area contributed by atoms with E-state index in [-0.39, 0.29) is 0 Å². The molecule has 0 aliphatic rings. The van der Waals surface area contributed by atoms with Crippen molar-refractivity contribution in [3.05, 3.63) is 23.8 Å². The quantitative estimate of drug-likeness (QED) is 0.421. The van der Waals surface area contributed by atoms with Crippen LogP contribution in [0.15, 0.2) is 18.2 Å². The first-order chi connectivity index (χ1) is 4.75. The zero-order valence-electron chi connectivity index (χ0n) is 5.54. The summed E-state index contributed by atoms with van der Waals surface area (Å²) in [7, 11) is 0. The minimum absolute atomic E-state index is 0.596. The molecule has 4 N–H and O–H groups in total. The number of hydrogen-bond acceptors (Lipinski definition) is 3. The first kappa shape index (κ1) is 7.28. The van der Waals surface area contributed by atoms with Crippen molar-refractivity contribution in [3.63, 3.8) is 0 Å². The van der Waals surface area contributed by atoms with E-state index in [1.54, 1.807) is 0 Å². The SMILES string of the molecule is Nc1cccc(N)c1CS. The Bertz CT molecular complexity index is 215.